The van der Waals surface area contributed by atoms with Gasteiger partial charge in [0.1, 0.15) is 41.3 Å². The minimum absolute atomic E-state index is 0.0473. The lowest BCUT2D eigenvalue weighted by atomic mass is 10.0. The number of pyridine rings is 1. The minimum Gasteiger partial charge on any atom is -0.497 e. The zero-order valence-electron chi connectivity index (χ0n) is 32.1. The maximum absolute atomic E-state index is 14.0. The van der Waals surface area contributed by atoms with Crippen molar-refractivity contribution in [3.63, 3.8) is 0 Å². The molecule has 1 heterocycles. The first-order valence-corrected chi connectivity index (χ1v) is 19.3. The van der Waals surface area contributed by atoms with Crippen LogP contribution in [0.2, 0.25) is 0 Å². The first kappa shape index (κ1) is 43.6. The smallest absolute Gasteiger partial charge is 0.270 e. The summed E-state index contributed by atoms with van der Waals surface area (Å²) in [4.78, 5) is 31.8. The third-order valence-electron chi connectivity index (χ3n) is 8.84. The molecular formula is C40H48F2N4O9S. The van der Waals surface area contributed by atoms with E-state index in [1.54, 1.807) is 20.1 Å². The molecule has 1 aromatic heterocycles. The predicted molar refractivity (Wildman–Crippen MR) is 206 cm³/mol. The molecule has 302 valence electrons. The summed E-state index contributed by atoms with van der Waals surface area (Å²) >= 11 is 0. The van der Waals surface area contributed by atoms with Crippen LogP contribution in [0.3, 0.4) is 0 Å². The van der Waals surface area contributed by atoms with E-state index in [-0.39, 0.29) is 42.5 Å². The van der Waals surface area contributed by atoms with Crippen LogP contribution in [-0.4, -0.2) is 88.3 Å². The number of carbonyl (C=O) groups is 2. The second-order valence-electron chi connectivity index (χ2n) is 13.3. The predicted octanol–water partition coefficient (Wildman–Crippen LogP) is 5.19. The lowest BCUT2D eigenvalue weighted by Gasteiger charge is -2.27. The summed E-state index contributed by atoms with van der Waals surface area (Å²) in [7, 11) is 0.284. The molecule has 16 heteroatoms. The quantitative estimate of drug-likeness (QED) is 0.108. The first-order chi connectivity index (χ1) is 26.6. The van der Waals surface area contributed by atoms with Crippen molar-refractivity contribution in [2.45, 2.75) is 63.3 Å². The maximum atomic E-state index is 14.0. The van der Waals surface area contributed by atoms with E-state index in [2.05, 4.69) is 15.6 Å². The van der Waals surface area contributed by atoms with Gasteiger partial charge in [0.15, 0.2) is 0 Å². The SMILES string of the molecule is COc1cccc(COC[C@@H](C[C@@H](O)[C@H](COc2cc(F)cc(F)c2)NC(=O)c2cc(C(=O)N[C@H](C)c3ccccc3)nc(N(C)S(=O)(=O)C(C)C)c2)OC)c1. The molecule has 0 aliphatic carbocycles. The number of aliphatic hydroxyl groups excluding tert-OH is 1. The molecule has 2 amide bonds. The molecule has 0 bridgehead atoms. The van der Waals surface area contributed by atoms with Crippen molar-refractivity contribution >= 4 is 27.7 Å². The second-order valence-corrected chi connectivity index (χ2v) is 15.8. The van der Waals surface area contributed by atoms with Crippen molar-refractivity contribution in [2.24, 2.45) is 0 Å². The van der Waals surface area contributed by atoms with Gasteiger partial charge in [0.05, 0.1) is 49.9 Å². The van der Waals surface area contributed by atoms with E-state index in [1.807, 2.05) is 48.5 Å². The van der Waals surface area contributed by atoms with E-state index < -0.39 is 69.6 Å². The average Bonchev–Trinajstić information content (AvgIpc) is 3.18. The summed E-state index contributed by atoms with van der Waals surface area (Å²) in [5, 5.41) is 16.1. The lowest BCUT2D eigenvalue weighted by molar-refractivity contribution is -0.0311. The Morgan fingerprint density at radius 2 is 1.55 bits per heavy atom. The van der Waals surface area contributed by atoms with E-state index in [0.29, 0.717) is 11.8 Å². The van der Waals surface area contributed by atoms with Gasteiger partial charge in [-0.25, -0.2) is 22.2 Å². The summed E-state index contributed by atoms with van der Waals surface area (Å²) in [6.45, 7) is 4.51. The van der Waals surface area contributed by atoms with E-state index >= 15 is 0 Å². The van der Waals surface area contributed by atoms with Gasteiger partial charge >= 0.3 is 0 Å². The van der Waals surface area contributed by atoms with Crippen LogP contribution in [0, 0.1) is 11.6 Å². The van der Waals surface area contributed by atoms with Crippen molar-refractivity contribution in [1.82, 2.24) is 15.6 Å². The number of halogens is 2. The van der Waals surface area contributed by atoms with Crippen LogP contribution >= 0.6 is 0 Å². The number of methoxy groups -OCH3 is 2. The molecule has 0 unspecified atom stereocenters. The van der Waals surface area contributed by atoms with Gasteiger partial charge in [0, 0.05) is 44.3 Å². The Balaban J connectivity index is 1.61. The molecule has 4 atom stereocenters. The summed E-state index contributed by atoms with van der Waals surface area (Å²) in [6, 6.07) is 19.6. The van der Waals surface area contributed by atoms with Crippen molar-refractivity contribution in [3.05, 3.63) is 119 Å². The fourth-order valence-electron chi connectivity index (χ4n) is 5.50. The first-order valence-electron chi connectivity index (χ1n) is 17.8. The highest BCUT2D eigenvalue weighted by Crippen LogP contribution is 2.22. The second kappa shape index (κ2) is 20.1. The number of anilines is 1. The Morgan fingerprint density at radius 1 is 0.857 bits per heavy atom. The molecule has 4 rings (SSSR count). The molecule has 13 nitrogen and oxygen atoms in total. The van der Waals surface area contributed by atoms with Gasteiger partial charge < -0.3 is 34.7 Å². The number of aliphatic hydroxyl groups is 1. The number of amides is 2. The van der Waals surface area contributed by atoms with Crippen LogP contribution in [-0.2, 0) is 26.1 Å². The molecule has 3 N–H and O–H groups in total. The van der Waals surface area contributed by atoms with E-state index in [4.69, 9.17) is 18.9 Å². The van der Waals surface area contributed by atoms with Crippen LogP contribution in [0.4, 0.5) is 14.6 Å². The molecular weight excluding hydrogens is 751 g/mol. The molecule has 0 aliphatic heterocycles. The van der Waals surface area contributed by atoms with Crippen LogP contribution in [0.1, 0.15) is 65.2 Å². The average molecular weight is 799 g/mol. The van der Waals surface area contributed by atoms with Crippen molar-refractivity contribution in [2.75, 3.05) is 38.8 Å². The third kappa shape index (κ3) is 12.2. The fourth-order valence-corrected chi connectivity index (χ4v) is 6.49. The standard InChI is InChI=1S/C40H48F2N4O9S/c1-25(2)56(50,51)46(4)38-17-29(16-35(44-38)40(49)43-26(3)28-12-8-7-9-13-28)39(48)45-36(24-55-33-19-30(41)18-31(42)20-33)37(47)21-34(53-6)23-54-22-27-11-10-14-32(15-27)52-5/h7-20,25-26,34,36-37,47H,21-24H2,1-6H3,(H,43,49)(H,45,48)/t26-,34-,36+,37-/m1/s1. The molecule has 0 spiro atoms. The fraction of sp³-hybridized carbons (Fsp3) is 0.375. The Labute approximate surface area is 326 Å². The number of nitrogens with zero attached hydrogens (tertiary/aromatic N) is 2. The molecule has 0 saturated heterocycles. The summed E-state index contributed by atoms with van der Waals surface area (Å²) in [6.07, 6.45) is -2.13. The zero-order valence-corrected chi connectivity index (χ0v) is 32.9. The molecule has 0 radical (unpaired) electrons. The Morgan fingerprint density at radius 3 is 2.20 bits per heavy atom. The van der Waals surface area contributed by atoms with E-state index in [1.165, 1.54) is 40.1 Å². The number of aromatic nitrogens is 1. The van der Waals surface area contributed by atoms with Crippen molar-refractivity contribution < 1.29 is 50.8 Å². The number of carbonyl (C=O) groups excluding carboxylic acids is 2. The summed E-state index contributed by atoms with van der Waals surface area (Å²) in [5.41, 5.74) is 1.21. The number of hydrogen-bond acceptors (Lipinski definition) is 10. The van der Waals surface area contributed by atoms with Gasteiger partial charge in [-0.3, -0.25) is 13.9 Å². The monoisotopic (exact) mass is 798 g/mol. The molecule has 0 saturated carbocycles. The normalized spacial score (nSPS) is 13.7. The number of hydrogen-bond donors (Lipinski definition) is 3. The minimum atomic E-state index is -3.96. The maximum Gasteiger partial charge on any atom is 0.270 e. The van der Waals surface area contributed by atoms with Gasteiger partial charge in [0.25, 0.3) is 11.8 Å². The highest BCUT2D eigenvalue weighted by atomic mass is 32.2. The van der Waals surface area contributed by atoms with Gasteiger partial charge in [-0.2, -0.15) is 0 Å². The Kier molecular flexibility index (Phi) is 15.7. The van der Waals surface area contributed by atoms with Crippen LogP contribution in [0.25, 0.3) is 0 Å². The molecule has 0 aliphatic rings. The van der Waals surface area contributed by atoms with Crippen LogP contribution in [0.15, 0.2) is 84.9 Å². The third-order valence-corrected chi connectivity index (χ3v) is 11.0. The van der Waals surface area contributed by atoms with Gasteiger partial charge in [-0.15, -0.1) is 0 Å². The Bertz CT molecular complexity index is 2020. The Hall–Kier alpha value is -5.16. The van der Waals surface area contributed by atoms with Crippen molar-refractivity contribution in [3.8, 4) is 11.5 Å². The zero-order chi connectivity index (χ0) is 41.0. The largest absolute Gasteiger partial charge is 0.497 e. The highest BCUT2D eigenvalue weighted by Gasteiger charge is 2.29. The number of ether oxygens (including phenoxy) is 4. The van der Waals surface area contributed by atoms with Gasteiger partial charge in [-0.1, -0.05) is 42.5 Å². The number of rotatable bonds is 20. The van der Waals surface area contributed by atoms with Crippen LogP contribution < -0.4 is 24.4 Å². The topological polar surface area (TPSA) is 166 Å². The van der Waals surface area contributed by atoms with Crippen LogP contribution in [0.5, 0.6) is 11.5 Å². The highest BCUT2D eigenvalue weighted by molar-refractivity contribution is 7.93. The van der Waals surface area contributed by atoms with E-state index in [0.717, 1.165) is 27.6 Å². The summed E-state index contributed by atoms with van der Waals surface area (Å²) in [5.74, 6) is -3.06. The number of benzene rings is 3. The van der Waals surface area contributed by atoms with Gasteiger partial charge in [-0.05, 0) is 56.2 Å². The number of sulfonamides is 1. The molecule has 0 fully saturated rings. The molecule has 3 aromatic carbocycles. The molecule has 56 heavy (non-hydrogen) atoms. The number of nitrogens with one attached hydrogen (secondary N) is 2. The van der Waals surface area contributed by atoms with Gasteiger partial charge in [0.2, 0.25) is 10.0 Å². The lowest BCUT2D eigenvalue weighted by Crippen LogP contribution is -2.48. The molecule has 4 aromatic rings. The summed E-state index contributed by atoms with van der Waals surface area (Å²) < 4.78 is 77.5. The van der Waals surface area contributed by atoms with Crippen molar-refractivity contribution in [1.29, 1.82) is 0 Å². The van der Waals surface area contributed by atoms with E-state index in [9.17, 15) is 31.9 Å².